The standard InChI is InChI=1S/C7H8N2S/c1-2-3-7-4-5-9(6-10)8-7/h2,4-6H,1,3H2. The summed E-state index contributed by atoms with van der Waals surface area (Å²) < 4.78 is 1.61. The van der Waals surface area contributed by atoms with E-state index < -0.39 is 0 Å². The predicted molar refractivity (Wildman–Crippen MR) is 45.2 cm³/mol. The van der Waals surface area contributed by atoms with Crippen molar-refractivity contribution in [2.45, 2.75) is 6.42 Å². The van der Waals surface area contributed by atoms with Crippen molar-refractivity contribution >= 4 is 17.7 Å². The van der Waals surface area contributed by atoms with Crippen molar-refractivity contribution in [1.82, 2.24) is 9.78 Å². The summed E-state index contributed by atoms with van der Waals surface area (Å²) in [6, 6.07) is 1.92. The lowest BCUT2D eigenvalue weighted by Crippen LogP contribution is -1.93. The van der Waals surface area contributed by atoms with Gasteiger partial charge in [0.1, 0.15) is 0 Å². The number of rotatable bonds is 3. The van der Waals surface area contributed by atoms with Gasteiger partial charge in [0.2, 0.25) is 0 Å². The Balaban J connectivity index is 2.77. The first-order valence-electron chi connectivity index (χ1n) is 2.97. The van der Waals surface area contributed by atoms with Gasteiger partial charge in [0.15, 0.2) is 0 Å². The van der Waals surface area contributed by atoms with Crippen molar-refractivity contribution in [1.29, 1.82) is 0 Å². The lowest BCUT2D eigenvalue weighted by Gasteiger charge is -1.85. The van der Waals surface area contributed by atoms with E-state index in [0.29, 0.717) is 0 Å². The molecule has 2 nitrogen and oxygen atoms in total. The van der Waals surface area contributed by atoms with E-state index in [0.717, 1.165) is 12.1 Å². The zero-order valence-corrected chi connectivity index (χ0v) is 6.34. The molecule has 0 unspecified atom stereocenters. The fraction of sp³-hybridized carbons (Fsp3) is 0.143. The smallest absolute Gasteiger partial charge is 0.0913 e. The highest BCUT2D eigenvalue weighted by molar-refractivity contribution is 7.78. The summed E-state index contributed by atoms with van der Waals surface area (Å²) in [5, 5.41) is 4.10. The molecule has 3 heteroatoms. The lowest BCUT2D eigenvalue weighted by molar-refractivity contribution is 0.925. The molecule has 0 radical (unpaired) electrons. The molecule has 52 valence electrons. The van der Waals surface area contributed by atoms with Crippen LogP contribution < -0.4 is 0 Å². The molecule has 0 saturated heterocycles. The van der Waals surface area contributed by atoms with Crippen LogP contribution in [0.1, 0.15) is 5.69 Å². The Morgan fingerprint density at radius 3 is 3.10 bits per heavy atom. The third kappa shape index (κ3) is 1.51. The minimum absolute atomic E-state index is 0.802. The van der Waals surface area contributed by atoms with E-state index in [1.807, 2.05) is 18.3 Å². The largest absolute Gasteiger partial charge is 0.237 e. The van der Waals surface area contributed by atoms with Crippen molar-refractivity contribution in [3.63, 3.8) is 0 Å². The van der Waals surface area contributed by atoms with Gasteiger partial charge in [-0.15, -0.1) is 6.58 Å². The molecule has 0 aliphatic rings. The van der Waals surface area contributed by atoms with Gasteiger partial charge in [-0.1, -0.05) is 18.3 Å². The molecule has 10 heavy (non-hydrogen) atoms. The number of hydrogen-bond donors (Lipinski definition) is 0. The van der Waals surface area contributed by atoms with E-state index in [-0.39, 0.29) is 0 Å². The highest BCUT2D eigenvalue weighted by atomic mass is 32.1. The normalized spacial score (nSPS) is 9.20. The fourth-order valence-corrected chi connectivity index (χ4v) is 0.810. The van der Waals surface area contributed by atoms with Gasteiger partial charge in [0.05, 0.1) is 11.2 Å². The molecular formula is C7H8N2S. The number of thiocarbonyl (C=S) groups is 1. The molecule has 0 aliphatic carbocycles. The predicted octanol–water partition coefficient (Wildman–Crippen LogP) is 1.42. The first kappa shape index (κ1) is 7.15. The first-order valence-corrected chi connectivity index (χ1v) is 3.44. The van der Waals surface area contributed by atoms with E-state index in [1.165, 1.54) is 5.49 Å². The van der Waals surface area contributed by atoms with Gasteiger partial charge in [-0.2, -0.15) is 5.10 Å². The van der Waals surface area contributed by atoms with Crippen LogP contribution >= 0.6 is 12.2 Å². The highest BCUT2D eigenvalue weighted by Gasteiger charge is 1.91. The van der Waals surface area contributed by atoms with Crippen LogP contribution in [0.5, 0.6) is 0 Å². The van der Waals surface area contributed by atoms with Gasteiger partial charge < -0.3 is 0 Å². The Labute approximate surface area is 65.2 Å². The van der Waals surface area contributed by atoms with Crippen LogP contribution in [-0.2, 0) is 6.42 Å². The summed E-state index contributed by atoms with van der Waals surface area (Å²) in [5.41, 5.74) is 2.49. The SMILES string of the molecule is C=CCc1ccn(C=S)n1. The average molecular weight is 152 g/mol. The molecule has 1 rings (SSSR count). The van der Waals surface area contributed by atoms with Gasteiger partial charge in [-0.05, 0) is 6.07 Å². The minimum atomic E-state index is 0.802. The number of nitrogens with zero attached hydrogens (tertiary/aromatic N) is 2. The summed E-state index contributed by atoms with van der Waals surface area (Å²) in [5.74, 6) is 0. The second-order valence-corrected chi connectivity index (χ2v) is 2.10. The molecule has 0 atom stereocenters. The van der Waals surface area contributed by atoms with E-state index in [4.69, 9.17) is 0 Å². The average Bonchev–Trinajstić information content (AvgIpc) is 2.37. The van der Waals surface area contributed by atoms with Gasteiger partial charge in [-0.25, -0.2) is 4.68 Å². The zero-order chi connectivity index (χ0) is 7.40. The first-order chi connectivity index (χ1) is 4.86. The van der Waals surface area contributed by atoms with Gasteiger partial charge in [-0.3, -0.25) is 0 Å². The van der Waals surface area contributed by atoms with E-state index >= 15 is 0 Å². The van der Waals surface area contributed by atoms with E-state index in [2.05, 4.69) is 23.9 Å². The topological polar surface area (TPSA) is 17.8 Å². The second-order valence-electron chi connectivity index (χ2n) is 1.89. The Bertz CT molecular complexity index is 240. The quantitative estimate of drug-likeness (QED) is 0.481. The molecule has 0 fully saturated rings. The highest BCUT2D eigenvalue weighted by Crippen LogP contribution is 1.94. The number of allylic oxidation sites excluding steroid dienone is 1. The molecule has 1 aromatic heterocycles. The van der Waals surface area contributed by atoms with Crippen LogP contribution in [0.3, 0.4) is 0 Å². The Hall–Kier alpha value is -0.960. The van der Waals surface area contributed by atoms with Crippen molar-refractivity contribution in [2.75, 3.05) is 0 Å². The maximum atomic E-state index is 4.67. The molecule has 0 saturated carbocycles. The summed E-state index contributed by atoms with van der Waals surface area (Å²) in [6.07, 6.45) is 4.44. The van der Waals surface area contributed by atoms with Crippen molar-refractivity contribution in [3.8, 4) is 0 Å². The van der Waals surface area contributed by atoms with E-state index in [1.54, 1.807) is 4.68 Å². The van der Waals surface area contributed by atoms with Crippen LogP contribution in [0.15, 0.2) is 24.9 Å². The van der Waals surface area contributed by atoms with Crippen LogP contribution in [0, 0.1) is 0 Å². The van der Waals surface area contributed by atoms with Crippen molar-refractivity contribution < 1.29 is 0 Å². The number of aromatic nitrogens is 2. The zero-order valence-electron chi connectivity index (χ0n) is 5.53. The van der Waals surface area contributed by atoms with Crippen molar-refractivity contribution in [2.24, 2.45) is 0 Å². The minimum Gasteiger partial charge on any atom is -0.237 e. The molecule has 0 bridgehead atoms. The summed E-state index contributed by atoms with van der Waals surface area (Å²) in [6.45, 7) is 3.61. The third-order valence-electron chi connectivity index (χ3n) is 1.13. The fourth-order valence-electron chi connectivity index (χ4n) is 0.693. The third-order valence-corrected chi connectivity index (χ3v) is 1.34. The molecular weight excluding hydrogens is 144 g/mol. The molecule has 0 aliphatic heterocycles. The van der Waals surface area contributed by atoms with Crippen LogP contribution in [0.4, 0.5) is 0 Å². The molecule has 0 N–H and O–H groups in total. The summed E-state index contributed by atoms with van der Waals surface area (Å²) in [4.78, 5) is 0. The van der Waals surface area contributed by atoms with Gasteiger partial charge >= 0.3 is 0 Å². The number of hydrogen-bond acceptors (Lipinski definition) is 2. The maximum absolute atomic E-state index is 4.67. The molecule has 1 heterocycles. The van der Waals surface area contributed by atoms with Gasteiger partial charge in [0.25, 0.3) is 0 Å². The Morgan fingerprint density at radius 1 is 1.80 bits per heavy atom. The Morgan fingerprint density at radius 2 is 2.60 bits per heavy atom. The Kier molecular flexibility index (Phi) is 2.34. The van der Waals surface area contributed by atoms with E-state index in [9.17, 15) is 0 Å². The van der Waals surface area contributed by atoms with Crippen molar-refractivity contribution in [3.05, 3.63) is 30.6 Å². The lowest BCUT2D eigenvalue weighted by atomic mass is 10.3. The summed E-state index contributed by atoms with van der Waals surface area (Å²) >= 11 is 4.67. The van der Waals surface area contributed by atoms with Crippen LogP contribution in [0.2, 0.25) is 0 Å². The molecule has 1 aromatic rings. The summed E-state index contributed by atoms with van der Waals surface area (Å²) in [7, 11) is 0. The monoisotopic (exact) mass is 152 g/mol. The maximum Gasteiger partial charge on any atom is 0.0913 e. The molecule has 0 aromatic carbocycles. The van der Waals surface area contributed by atoms with Gasteiger partial charge in [0, 0.05) is 12.6 Å². The molecule has 0 amide bonds. The van der Waals surface area contributed by atoms with Crippen LogP contribution in [0.25, 0.3) is 0 Å². The molecule has 0 spiro atoms. The van der Waals surface area contributed by atoms with Crippen LogP contribution in [-0.4, -0.2) is 15.3 Å². The second kappa shape index (κ2) is 3.27.